The molecule has 0 amide bonds. The predicted octanol–water partition coefficient (Wildman–Crippen LogP) is 4.20. The van der Waals surface area contributed by atoms with E-state index in [9.17, 15) is 60.7 Å². The van der Waals surface area contributed by atoms with Crippen molar-refractivity contribution >= 4 is 31.4 Å². The molecule has 32 heavy (non-hydrogen) atoms. The molecular formula is C13H12F10N2O4S3. The molecule has 0 aliphatic carbocycles. The molecule has 0 aliphatic heterocycles. The van der Waals surface area contributed by atoms with Crippen LogP contribution < -0.4 is 4.57 Å². The van der Waals surface area contributed by atoms with Crippen molar-refractivity contribution in [2.45, 2.75) is 50.1 Å². The van der Waals surface area contributed by atoms with Gasteiger partial charge in [-0.1, -0.05) is 18.3 Å². The van der Waals surface area contributed by atoms with E-state index in [1.807, 2.05) is 10.1 Å². The normalized spacial score (nSPS) is 13.7. The van der Waals surface area contributed by atoms with Gasteiger partial charge in [-0.3, -0.25) is 0 Å². The fourth-order valence-electron chi connectivity index (χ4n) is 1.26. The summed E-state index contributed by atoms with van der Waals surface area (Å²) >= 11 is 1.74. The van der Waals surface area contributed by atoms with Gasteiger partial charge in [0, 0.05) is 13.3 Å². The lowest BCUT2D eigenvalue weighted by Gasteiger charge is -2.31. The number of aromatic nitrogens is 1. The molecule has 0 radical (unpaired) electrons. The summed E-state index contributed by atoms with van der Waals surface area (Å²) < 4.78 is 163. The molecule has 1 rings (SSSR count). The molecule has 0 atom stereocenters. The highest BCUT2D eigenvalue weighted by atomic mass is 32.3. The smallest absolute Gasteiger partial charge is 0.425 e. The van der Waals surface area contributed by atoms with Crippen LogP contribution in [0.4, 0.5) is 43.9 Å². The van der Waals surface area contributed by atoms with Crippen LogP contribution >= 0.6 is 11.3 Å². The Bertz CT molecular complexity index is 1020. The van der Waals surface area contributed by atoms with E-state index in [1.165, 1.54) is 10.6 Å². The molecule has 0 spiro atoms. The molecule has 19 heteroatoms. The van der Waals surface area contributed by atoms with Crippen LogP contribution in [0.3, 0.4) is 0 Å². The highest BCUT2D eigenvalue weighted by molar-refractivity contribution is 8.13. The van der Waals surface area contributed by atoms with E-state index in [1.54, 1.807) is 11.3 Å². The minimum Gasteiger partial charge on any atom is -0.425 e. The fraction of sp³-hybridized carbons (Fsp3) is 0.615. The summed E-state index contributed by atoms with van der Waals surface area (Å²) in [4.78, 5) is 1.34. The van der Waals surface area contributed by atoms with Crippen molar-refractivity contribution in [1.29, 1.82) is 0 Å². The van der Waals surface area contributed by atoms with E-state index in [4.69, 9.17) is 0 Å². The number of aryl methyl sites for hydroxylation is 1. The third-order valence-electron chi connectivity index (χ3n) is 3.09. The Hall–Kier alpha value is -1.65. The van der Waals surface area contributed by atoms with E-state index in [0.717, 1.165) is 6.42 Å². The van der Waals surface area contributed by atoms with Crippen LogP contribution in [0.2, 0.25) is 0 Å². The maximum Gasteiger partial charge on any atom is 0.467 e. The van der Waals surface area contributed by atoms with Crippen molar-refractivity contribution < 1.29 is 65.3 Å². The second-order valence-corrected chi connectivity index (χ2v) is 10.0. The summed E-state index contributed by atoms with van der Waals surface area (Å²) in [5.74, 6) is 3.04. The van der Waals surface area contributed by atoms with E-state index in [2.05, 4.69) is 32.7 Å². The van der Waals surface area contributed by atoms with E-state index >= 15 is 0 Å². The molecule has 0 unspecified atom stereocenters. The number of sulfonamides is 2. The van der Waals surface area contributed by atoms with Crippen LogP contribution in [0.1, 0.15) is 23.9 Å². The van der Waals surface area contributed by atoms with Crippen molar-refractivity contribution in [2.24, 2.45) is 0 Å². The second-order valence-electron chi connectivity index (χ2n) is 5.43. The first-order chi connectivity index (χ1) is 14.0. The highest BCUT2D eigenvalue weighted by Crippen LogP contribution is 2.47. The van der Waals surface area contributed by atoms with Gasteiger partial charge >= 0.3 is 22.9 Å². The zero-order valence-corrected chi connectivity index (χ0v) is 18.3. The molecule has 0 N–H and O–H groups in total. The average molecular weight is 546 g/mol. The molecule has 0 fully saturated rings. The number of halogens is 10. The van der Waals surface area contributed by atoms with Crippen LogP contribution in [-0.2, 0) is 20.0 Å². The third-order valence-corrected chi connectivity index (χ3v) is 7.38. The second kappa shape index (κ2) is 9.69. The standard InChI is InChI=1S/C9H12NS.C4F10NO4S2/c1-4-5-6-10-7-11-9(3)8(10)2;5-1(6,7)3(11,12)20(16,17)15-21(18,19)4(13,14)2(8,9)10/h7H,4H2,1-3H3;/q+1;-1. The first-order valence-corrected chi connectivity index (χ1v) is 11.3. The van der Waals surface area contributed by atoms with Crippen molar-refractivity contribution in [3.05, 3.63) is 20.2 Å². The van der Waals surface area contributed by atoms with E-state index in [0.29, 0.717) is 4.13 Å². The molecule has 1 aromatic rings. The van der Waals surface area contributed by atoms with Crippen LogP contribution in [0.5, 0.6) is 0 Å². The predicted molar refractivity (Wildman–Crippen MR) is 90.7 cm³/mol. The van der Waals surface area contributed by atoms with Gasteiger partial charge in [0.1, 0.15) is 0 Å². The van der Waals surface area contributed by atoms with Gasteiger partial charge in [-0.15, -0.1) is 4.57 Å². The zero-order valence-electron chi connectivity index (χ0n) is 15.8. The minimum absolute atomic E-state index is 0.422. The number of rotatable bonds is 4. The third kappa shape index (κ3) is 6.45. The largest absolute Gasteiger partial charge is 0.467 e. The molecule has 0 bridgehead atoms. The summed E-state index contributed by atoms with van der Waals surface area (Å²) in [5, 5.41) is -14.0. The Morgan fingerprint density at radius 2 is 1.25 bits per heavy atom. The molecule has 1 heterocycles. The lowest BCUT2D eigenvalue weighted by Crippen LogP contribution is -2.48. The number of alkyl halides is 10. The summed E-state index contributed by atoms with van der Waals surface area (Å²) in [5.41, 5.74) is 3.31. The first-order valence-electron chi connectivity index (χ1n) is 7.54. The Kier molecular flexibility index (Phi) is 9.19. The summed E-state index contributed by atoms with van der Waals surface area (Å²) in [6.45, 7) is 6.27. The molecule has 0 aromatic carbocycles. The lowest BCUT2D eigenvalue weighted by atomic mass is 10.4. The van der Waals surface area contributed by atoms with Crippen LogP contribution in [0.15, 0.2) is 5.51 Å². The first kappa shape index (κ1) is 30.3. The molecule has 0 aliphatic rings. The molecule has 6 nitrogen and oxygen atoms in total. The minimum atomic E-state index is -7.62. The highest BCUT2D eigenvalue weighted by Gasteiger charge is 2.68. The van der Waals surface area contributed by atoms with Gasteiger partial charge < -0.3 is 4.13 Å². The Morgan fingerprint density at radius 3 is 1.50 bits per heavy atom. The van der Waals surface area contributed by atoms with Crippen LogP contribution in [0.25, 0.3) is 4.13 Å². The molecule has 1 aromatic heterocycles. The maximum absolute atomic E-state index is 12.3. The summed E-state index contributed by atoms with van der Waals surface area (Å²) in [7, 11) is -15.2. The van der Waals surface area contributed by atoms with Gasteiger partial charge in [0.05, 0.1) is 4.88 Å². The fourth-order valence-corrected chi connectivity index (χ4v) is 4.37. The summed E-state index contributed by atoms with van der Waals surface area (Å²) in [6.07, 6.45) is -13.1. The van der Waals surface area contributed by atoms with Crippen molar-refractivity contribution in [3.8, 4) is 12.0 Å². The summed E-state index contributed by atoms with van der Waals surface area (Å²) in [6, 6.07) is 3.06. The van der Waals surface area contributed by atoms with Gasteiger partial charge in [-0.2, -0.15) is 43.9 Å². The number of hydrogen-bond donors (Lipinski definition) is 0. The van der Waals surface area contributed by atoms with E-state index < -0.39 is 42.9 Å². The average Bonchev–Trinajstić information content (AvgIpc) is 2.89. The Labute approximate surface area is 179 Å². The topological polar surface area (TPSA) is 86.3 Å². The number of thiazole rings is 1. The van der Waals surface area contributed by atoms with Crippen LogP contribution in [0, 0.1) is 25.8 Å². The molecule has 186 valence electrons. The van der Waals surface area contributed by atoms with Gasteiger partial charge in [0.25, 0.3) is 0 Å². The van der Waals surface area contributed by atoms with Gasteiger partial charge in [0.15, 0.2) is 20.0 Å². The quantitative estimate of drug-likeness (QED) is 0.322. The van der Waals surface area contributed by atoms with Crippen molar-refractivity contribution in [3.63, 3.8) is 0 Å². The Balaban J connectivity index is 0.000000726. The van der Waals surface area contributed by atoms with Crippen molar-refractivity contribution in [1.82, 2.24) is 0 Å². The maximum atomic E-state index is 12.3. The van der Waals surface area contributed by atoms with Crippen molar-refractivity contribution in [2.75, 3.05) is 0 Å². The molecular weight excluding hydrogens is 534 g/mol. The van der Waals surface area contributed by atoms with E-state index in [-0.39, 0.29) is 0 Å². The zero-order chi connectivity index (χ0) is 26.0. The van der Waals surface area contributed by atoms with Gasteiger partial charge in [0.2, 0.25) is 17.2 Å². The number of nitrogens with zero attached hydrogens (tertiary/aromatic N) is 2. The van der Waals surface area contributed by atoms with Gasteiger partial charge in [-0.25, -0.2) is 16.8 Å². The molecule has 0 saturated heterocycles. The SMILES string of the molecule is CCC#C[n+]1csc(C)c1C.O=S(=O)([N-]S(=O)(=O)C(F)(F)C(F)(F)F)C(F)(F)C(F)(F)F. The monoisotopic (exact) mass is 546 g/mol. The molecule has 0 saturated carbocycles. The number of hydrogen-bond acceptors (Lipinski definition) is 5. The van der Waals surface area contributed by atoms with Crippen LogP contribution in [-0.4, -0.2) is 39.7 Å². The van der Waals surface area contributed by atoms with Gasteiger partial charge in [-0.05, 0) is 12.8 Å². The Morgan fingerprint density at radius 1 is 0.875 bits per heavy atom. The lowest BCUT2D eigenvalue weighted by molar-refractivity contribution is -0.585.